The number of nitrogens with one attached hydrogen (secondary N) is 1. The number of nitrogens with zero attached hydrogens (tertiary/aromatic N) is 1. The second-order valence-corrected chi connectivity index (χ2v) is 5.71. The van der Waals surface area contributed by atoms with E-state index in [0.29, 0.717) is 18.2 Å². The van der Waals surface area contributed by atoms with E-state index >= 15 is 0 Å². The Morgan fingerprint density at radius 3 is 3.05 bits per heavy atom. The fourth-order valence-corrected chi connectivity index (χ4v) is 2.60. The van der Waals surface area contributed by atoms with Crippen LogP contribution < -0.4 is 11.1 Å². The lowest BCUT2D eigenvalue weighted by molar-refractivity contribution is -0.116. The van der Waals surface area contributed by atoms with E-state index < -0.39 is 0 Å². The molecule has 1 fully saturated rings. The van der Waals surface area contributed by atoms with Crippen molar-refractivity contribution in [3.8, 4) is 0 Å². The highest BCUT2D eigenvalue weighted by Crippen LogP contribution is 2.18. The summed E-state index contributed by atoms with van der Waals surface area (Å²) in [6, 6.07) is 5.52. The summed E-state index contributed by atoms with van der Waals surface area (Å²) in [4.78, 5) is 14.3. The number of aryl methyl sites for hydroxylation is 1. The third kappa shape index (κ3) is 5.02. The van der Waals surface area contributed by atoms with Crippen LogP contribution >= 0.6 is 0 Å². The standard InChI is InChI=1S/C16H25N3O2/c1-12-10-14(17)5-6-15(12)18-16(20)4-3-7-19-8-9-21-13(2)11-19/h5-6,10,13H,3-4,7-9,11,17H2,1-2H3,(H,18,20). The van der Waals surface area contributed by atoms with E-state index in [2.05, 4.69) is 17.1 Å². The molecule has 1 atom stereocenters. The van der Waals surface area contributed by atoms with E-state index in [0.717, 1.165) is 43.9 Å². The molecule has 0 radical (unpaired) electrons. The first-order valence-electron chi connectivity index (χ1n) is 7.54. The number of rotatable bonds is 5. The number of nitrogen functional groups attached to an aromatic ring is 1. The van der Waals surface area contributed by atoms with Crippen LogP contribution in [-0.4, -0.2) is 43.2 Å². The van der Waals surface area contributed by atoms with Crippen molar-refractivity contribution in [2.24, 2.45) is 0 Å². The van der Waals surface area contributed by atoms with Crippen LogP contribution in [0.4, 0.5) is 11.4 Å². The summed E-state index contributed by atoms with van der Waals surface area (Å²) < 4.78 is 5.51. The highest BCUT2D eigenvalue weighted by Gasteiger charge is 2.16. The first kappa shape index (κ1) is 15.8. The summed E-state index contributed by atoms with van der Waals surface area (Å²) in [7, 11) is 0. The highest BCUT2D eigenvalue weighted by molar-refractivity contribution is 5.91. The van der Waals surface area contributed by atoms with Gasteiger partial charge in [-0.15, -0.1) is 0 Å². The molecule has 1 saturated heterocycles. The predicted molar refractivity (Wildman–Crippen MR) is 85.3 cm³/mol. The summed E-state index contributed by atoms with van der Waals surface area (Å²) >= 11 is 0. The minimum absolute atomic E-state index is 0.0594. The number of hydrogen-bond donors (Lipinski definition) is 2. The van der Waals surface area contributed by atoms with Gasteiger partial charge in [0.15, 0.2) is 0 Å². The third-order valence-corrected chi connectivity index (χ3v) is 3.73. The lowest BCUT2D eigenvalue weighted by Gasteiger charge is -2.30. The molecule has 0 aliphatic carbocycles. The molecule has 1 aliphatic heterocycles. The zero-order valence-electron chi connectivity index (χ0n) is 12.9. The molecule has 21 heavy (non-hydrogen) atoms. The van der Waals surface area contributed by atoms with Crippen LogP contribution in [0.3, 0.4) is 0 Å². The Kier molecular flexibility index (Phi) is 5.59. The summed E-state index contributed by atoms with van der Waals surface area (Å²) in [5.74, 6) is 0.0594. The topological polar surface area (TPSA) is 67.6 Å². The van der Waals surface area contributed by atoms with Gasteiger partial charge in [-0.1, -0.05) is 0 Å². The molecule has 0 aromatic heterocycles. The van der Waals surface area contributed by atoms with Gasteiger partial charge in [0.1, 0.15) is 0 Å². The van der Waals surface area contributed by atoms with Crippen molar-refractivity contribution in [1.29, 1.82) is 0 Å². The van der Waals surface area contributed by atoms with Crippen molar-refractivity contribution in [3.63, 3.8) is 0 Å². The van der Waals surface area contributed by atoms with Gasteiger partial charge in [0.25, 0.3) is 0 Å². The van der Waals surface area contributed by atoms with E-state index in [1.54, 1.807) is 6.07 Å². The molecular weight excluding hydrogens is 266 g/mol. The van der Waals surface area contributed by atoms with Crippen molar-refractivity contribution in [3.05, 3.63) is 23.8 Å². The number of benzene rings is 1. The molecule has 0 saturated carbocycles. The Hall–Kier alpha value is -1.59. The maximum absolute atomic E-state index is 12.0. The fraction of sp³-hybridized carbons (Fsp3) is 0.562. The van der Waals surface area contributed by atoms with E-state index in [4.69, 9.17) is 10.5 Å². The summed E-state index contributed by atoms with van der Waals surface area (Å²) in [5, 5.41) is 2.95. The van der Waals surface area contributed by atoms with Gasteiger partial charge in [-0.3, -0.25) is 9.69 Å². The number of carbonyl (C=O) groups excluding carboxylic acids is 1. The molecule has 116 valence electrons. The zero-order valence-corrected chi connectivity index (χ0v) is 12.9. The molecule has 1 aromatic carbocycles. The second kappa shape index (κ2) is 7.43. The number of carbonyl (C=O) groups is 1. The number of ether oxygens (including phenoxy) is 1. The summed E-state index contributed by atoms with van der Waals surface area (Å²) in [6.45, 7) is 7.69. The van der Waals surface area contributed by atoms with Gasteiger partial charge in [0.2, 0.25) is 5.91 Å². The van der Waals surface area contributed by atoms with E-state index in [9.17, 15) is 4.79 Å². The number of hydrogen-bond acceptors (Lipinski definition) is 4. The number of nitrogens with two attached hydrogens (primary N) is 1. The average molecular weight is 291 g/mol. The van der Waals surface area contributed by atoms with Gasteiger partial charge >= 0.3 is 0 Å². The van der Waals surface area contributed by atoms with Crippen LogP contribution in [0, 0.1) is 6.92 Å². The van der Waals surface area contributed by atoms with E-state index in [1.165, 1.54) is 0 Å². The van der Waals surface area contributed by atoms with Crippen molar-refractivity contribution >= 4 is 17.3 Å². The predicted octanol–water partition coefficient (Wildman–Crippen LogP) is 2.02. The Labute approximate surface area is 126 Å². The van der Waals surface area contributed by atoms with Gasteiger partial charge in [-0.05, 0) is 50.6 Å². The molecule has 0 spiro atoms. The average Bonchev–Trinajstić information content (AvgIpc) is 2.42. The largest absolute Gasteiger partial charge is 0.399 e. The monoisotopic (exact) mass is 291 g/mol. The quantitative estimate of drug-likeness (QED) is 0.814. The number of morpholine rings is 1. The van der Waals surface area contributed by atoms with Gasteiger partial charge in [-0.2, -0.15) is 0 Å². The molecule has 3 N–H and O–H groups in total. The normalized spacial score (nSPS) is 19.4. The molecule has 1 heterocycles. The van der Waals surface area contributed by atoms with Crippen LogP contribution in [0.25, 0.3) is 0 Å². The first-order valence-corrected chi connectivity index (χ1v) is 7.54. The second-order valence-electron chi connectivity index (χ2n) is 5.71. The van der Waals surface area contributed by atoms with Crippen molar-refractivity contribution in [1.82, 2.24) is 4.90 Å². The van der Waals surface area contributed by atoms with Crippen LogP contribution in [0.1, 0.15) is 25.3 Å². The Morgan fingerprint density at radius 2 is 2.33 bits per heavy atom. The molecule has 0 bridgehead atoms. The molecule has 1 amide bonds. The summed E-state index contributed by atoms with van der Waals surface area (Å²) in [5.41, 5.74) is 8.25. The van der Waals surface area contributed by atoms with Crippen LogP contribution in [0.15, 0.2) is 18.2 Å². The summed E-state index contributed by atoms with van der Waals surface area (Å²) in [6.07, 6.45) is 1.70. The van der Waals surface area contributed by atoms with Gasteiger partial charge in [-0.25, -0.2) is 0 Å². The fourth-order valence-electron chi connectivity index (χ4n) is 2.60. The van der Waals surface area contributed by atoms with Crippen molar-refractivity contribution in [2.45, 2.75) is 32.8 Å². The van der Waals surface area contributed by atoms with E-state index in [-0.39, 0.29) is 5.91 Å². The highest BCUT2D eigenvalue weighted by atomic mass is 16.5. The maximum Gasteiger partial charge on any atom is 0.224 e. The maximum atomic E-state index is 12.0. The number of amides is 1. The first-order chi connectivity index (χ1) is 10.0. The van der Waals surface area contributed by atoms with Gasteiger partial charge in [0, 0.05) is 30.9 Å². The van der Waals surface area contributed by atoms with Gasteiger partial charge < -0.3 is 15.8 Å². The molecule has 1 unspecified atom stereocenters. The van der Waals surface area contributed by atoms with Gasteiger partial charge in [0.05, 0.1) is 12.7 Å². The van der Waals surface area contributed by atoms with Crippen LogP contribution in [-0.2, 0) is 9.53 Å². The Balaban J connectivity index is 1.72. The molecular formula is C16H25N3O2. The minimum Gasteiger partial charge on any atom is -0.399 e. The SMILES string of the molecule is Cc1cc(N)ccc1NC(=O)CCCN1CCOC(C)C1. The van der Waals surface area contributed by atoms with Crippen LogP contribution in [0.5, 0.6) is 0 Å². The van der Waals surface area contributed by atoms with Crippen molar-refractivity contribution in [2.75, 3.05) is 37.3 Å². The van der Waals surface area contributed by atoms with E-state index in [1.807, 2.05) is 19.1 Å². The molecule has 5 nitrogen and oxygen atoms in total. The Morgan fingerprint density at radius 1 is 1.52 bits per heavy atom. The van der Waals surface area contributed by atoms with Crippen LogP contribution in [0.2, 0.25) is 0 Å². The third-order valence-electron chi connectivity index (χ3n) is 3.73. The number of anilines is 2. The molecule has 1 aliphatic rings. The Bertz CT molecular complexity index is 490. The minimum atomic E-state index is 0.0594. The lowest BCUT2D eigenvalue weighted by Crippen LogP contribution is -2.41. The molecule has 5 heteroatoms. The van der Waals surface area contributed by atoms with Crippen molar-refractivity contribution < 1.29 is 9.53 Å². The lowest BCUT2D eigenvalue weighted by atomic mass is 10.1. The smallest absolute Gasteiger partial charge is 0.224 e. The molecule has 2 rings (SSSR count). The zero-order chi connectivity index (χ0) is 15.2. The molecule has 1 aromatic rings.